The second-order valence-electron chi connectivity index (χ2n) is 7.34. The molecule has 0 radical (unpaired) electrons. The van der Waals surface area contributed by atoms with Gasteiger partial charge in [-0.15, -0.1) is 11.6 Å². The van der Waals surface area contributed by atoms with E-state index < -0.39 is 10.8 Å². The topological polar surface area (TPSA) is 52.6 Å². The molecule has 1 saturated carbocycles. The quantitative estimate of drug-likeness (QED) is 0.602. The van der Waals surface area contributed by atoms with Gasteiger partial charge in [-0.05, 0) is 48.9 Å². The largest absolute Gasteiger partial charge is 0.497 e. The van der Waals surface area contributed by atoms with Gasteiger partial charge in [0.25, 0.3) is 0 Å². The van der Waals surface area contributed by atoms with Crippen molar-refractivity contribution in [2.75, 3.05) is 14.2 Å². The Morgan fingerprint density at radius 3 is 2.58 bits per heavy atom. The van der Waals surface area contributed by atoms with Crippen molar-refractivity contribution < 1.29 is 19.1 Å². The summed E-state index contributed by atoms with van der Waals surface area (Å²) in [5, 5.41) is -0.736. The van der Waals surface area contributed by atoms with Crippen LogP contribution >= 0.6 is 11.6 Å². The van der Waals surface area contributed by atoms with E-state index in [1.165, 1.54) is 7.11 Å². The van der Waals surface area contributed by atoms with E-state index in [-0.39, 0.29) is 23.1 Å². The molecule has 0 aliphatic heterocycles. The van der Waals surface area contributed by atoms with E-state index in [1.807, 2.05) is 13.0 Å². The molecule has 4 nitrogen and oxygen atoms in total. The van der Waals surface area contributed by atoms with Crippen molar-refractivity contribution in [1.82, 2.24) is 0 Å². The first-order chi connectivity index (χ1) is 11.3. The fourth-order valence-electron chi connectivity index (χ4n) is 4.88. The molecule has 1 aromatic carbocycles. The predicted octanol–water partition coefficient (Wildman–Crippen LogP) is 3.74. The second kappa shape index (κ2) is 5.76. The monoisotopic (exact) mass is 350 g/mol. The van der Waals surface area contributed by atoms with Crippen LogP contribution < -0.4 is 4.74 Å². The van der Waals surface area contributed by atoms with Crippen molar-refractivity contribution in [1.29, 1.82) is 0 Å². The first kappa shape index (κ1) is 17.3. The number of carbonyl (C=O) groups is 2. The number of methoxy groups -OCH3 is 2. The molecule has 0 amide bonds. The van der Waals surface area contributed by atoms with Crippen LogP contribution in [-0.2, 0) is 14.9 Å². The molecular weight excluding hydrogens is 328 g/mol. The summed E-state index contributed by atoms with van der Waals surface area (Å²) in [6, 6.07) is 5.50. The second-order valence-corrected chi connectivity index (χ2v) is 7.81. The van der Waals surface area contributed by atoms with Crippen molar-refractivity contribution in [3.63, 3.8) is 0 Å². The molecule has 0 heterocycles. The predicted molar refractivity (Wildman–Crippen MR) is 91.8 cm³/mol. The smallest absolute Gasteiger partial charge is 0.311 e. The Hall–Kier alpha value is -1.55. The number of alkyl halides is 1. The summed E-state index contributed by atoms with van der Waals surface area (Å²) < 4.78 is 10.4. The molecule has 0 N–H and O–H groups in total. The number of Topliss-reactive ketones (excluding diaryl/α,β-unsaturated/α-hetero) is 1. The molecule has 0 unspecified atom stereocenters. The summed E-state index contributed by atoms with van der Waals surface area (Å²) in [5.74, 6) is -0.00286. The van der Waals surface area contributed by atoms with Crippen LogP contribution in [0, 0.1) is 11.3 Å². The molecule has 0 spiro atoms. The van der Waals surface area contributed by atoms with Crippen LogP contribution in [-0.4, -0.2) is 31.3 Å². The highest BCUT2D eigenvalue weighted by Gasteiger charge is 2.61. The lowest BCUT2D eigenvalue weighted by atomic mass is 9.49. The number of ether oxygens (including phenoxy) is 2. The average Bonchev–Trinajstić information content (AvgIpc) is 2.58. The zero-order chi connectivity index (χ0) is 17.7. The zero-order valence-electron chi connectivity index (χ0n) is 14.5. The minimum atomic E-state index is -0.773. The van der Waals surface area contributed by atoms with E-state index in [4.69, 9.17) is 21.1 Å². The lowest BCUT2D eigenvalue weighted by molar-refractivity contribution is -0.160. The molecule has 2 aliphatic rings. The molecule has 0 aromatic heterocycles. The number of esters is 1. The van der Waals surface area contributed by atoms with Crippen LogP contribution in [0.3, 0.4) is 0 Å². The number of rotatable bonds is 2. The number of hydrogen-bond donors (Lipinski definition) is 0. The molecular formula is C19H23ClO4. The third-order valence-corrected chi connectivity index (χ3v) is 6.52. The van der Waals surface area contributed by atoms with Crippen LogP contribution in [0.2, 0.25) is 0 Å². The highest BCUT2D eigenvalue weighted by molar-refractivity contribution is 6.35. The number of carbonyl (C=O) groups excluding carboxylic acids is 2. The third-order valence-electron chi connectivity index (χ3n) is 6.07. The lowest BCUT2D eigenvalue weighted by Gasteiger charge is -2.54. The molecule has 3 rings (SSSR count). The van der Waals surface area contributed by atoms with Gasteiger partial charge in [0.05, 0.1) is 19.6 Å². The minimum Gasteiger partial charge on any atom is -0.497 e. The number of fused-ring (bicyclic) bond motifs is 3. The fourth-order valence-corrected chi connectivity index (χ4v) is 5.56. The van der Waals surface area contributed by atoms with E-state index in [0.717, 1.165) is 18.4 Å². The van der Waals surface area contributed by atoms with Gasteiger partial charge >= 0.3 is 5.97 Å². The standard InChI is InChI=1S/C19H23ClO4/c1-18-8-5-9-19(2,17(22)24-4)16(18)14(20)15(21)12-7-6-11(23-3)10-13(12)18/h6-7,10,14,16H,5,8-9H2,1-4H3/t14-,16-,18+,19+/m1/s1. The van der Waals surface area contributed by atoms with Crippen molar-refractivity contribution in [2.45, 2.75) is 43.9 Å². The normalized spacial score (nSPS) is 35.0. The Labute approximate surface area is 147 Å². The molecule has 4 atom stereocenters. The first-order valence-electron chi connectivity index (χ1n) is 8.25. The van der Waals surface area contributed by atoms with Crippen molar-refractivity contribution >= 4 is 23.4 Å². The lowest BCUT2D eigenvalue weighted by Crippen LogP contribution is -2.58. The zero-order valence-corrected chi connectivity index (χ0v) is 15.3. The van der Waals surface area contributed by atoms with E-state index in [0.29, 0.717) is 17.7 Å². The van der Waals surface area contributed by atoms with E-state index in [2.05, 4.69) is 6.92 Å². The fraction of sp³-hybridized carbons (Fsp3) is 0.579. The molecule has 5 heteroatoms. The van der Waals surface area contributed by atoms with Crippen LogP contribution in [0.1, 0.15) is 49.0 Å². The van der Waals surface area contributed by atoms with Crippen LogP contribution in [0.25, 0.3) is 0 Å². The highest BCUT2D eigenvalue weighted by Crippen LogP contribution is 2.59. The van der Waals surface area contributed by atoms with Crippen LogP contribution in [0.15, 0.2) is 18.2 Å². The number of ketones is 1. The van der Waals surface area contributed by atoms with Crippen molar-refractivity contribution in [3.05, 3.63) is 29.3 Å². The Balaban J connectivity index is 2.23. The summed E-state index contributed by atoms with van der Waals surface area (Å²) in [7, 11) is 3.00. The van der Waals surface area contributed by atoms with Gasteiger partial charge in [0.2, 0.25) is 0 Å². The van der Waals surface area contributed by atoms with Gasteiger partial charge < -0.3 is 9.47 Å². The van der Waals surface area contributed by atoms with Gasteiger partial charge in [0, 0.05) is 11.5 Å². The van der Waals surface area contributed by atoms with Crippen LogP contribution in [0.5, 0.6) is 5.75 Å². The molecule has 2 aliphatic carbocycles. The minimum absolute atomic E-state index is 0.117. The summed E-state index contributed by atoms with van der Waals surface area (Å²) in [5.41, 5.74) is 0.433. The van der Waals surface area contributed by atoms with Gasteiger partial charge in [-0.2, -0.15) is 0 Å². The van der Waals surface area contributed by atoms with Gasteiger partial charge in [-0.3, -0.25) is 9.59 Å². The summed E-state index contributed by atoms with van der Waals surface area (Å²) in [6.07, 6.45) is 2.43. The molecule has 1 aromatic rings. The van der Waals surface area contributed by atoms with Gasteiger partial charge in [0.15, 0.2) is 5.78 Å². The van der Waals surface area contributed by atoms with Crippen LogP contribution in [0.4, 0.5) is 0 Å². The number of halogens is 1. The van der Waals surface area contributed by atoms with Crippen molar-refractivity contribution in [3.8, 4) is 5.75 Å². The Morgan fingerprint density at radius 1 is 1.25 bits per heavy atom. The van der Waals surface area contributed by atoms with E-state index in [9.17, 15) is 9.59 Å². The van der Waals surface area contributed by atoms with Gasteiger partial charge in [-0.25, -0.2) is 0 Å². The molecule has 0 saturated heterocycles. The molecule has 1 fully saturated rings. The summed E-state index contributed by atoms with van der Waals surface area (Å²) >= 11 is 6.63. The maximum absolute atomic E-state index is 12.9. The maximum Gasteiger partial charge on any atom is 0.311 e. The third kappa shape index (κ3) is 2.19. The molecule has 24 heavy (non-hydrogen) atoms. The SMILES string of the molecule is COC(=O)[C@@]1(C)CCC[C@@]2(C)c3cc(OC)ccc3C(=O)[C@@H](Cl)[C@H]21. The summed E-state index contributed by atoms with van der Waals surface area (Å²) in [6.45, 7) is 3.99. The molecule has 0 bridgehead atoms. The first-order valence-corrected chi connectivity index (χ1v) is 8.68. The number of hydrogen-bond acceptors (Lipinski definition) is 4. The van der Waals surface area contributed by atoms with Gasteiger partial charge in [-0.1, -0.05) is 13.3 Å². The van der Waals surface area contributed by atoms with E-state index in [1.54, 1.807) is 19.2 Å². The van der Waals surface area contributed by atoms with Crippen molar-refractivity contribution in [2.24, 2.45) is 11.3 Å². The Bertz CT molecular complexity index is 701. The number of benzene rings is 1. The molecule has 130 valence electrons. The maximum atomic E-state index is 12.9. The van der Waals surface area contributed by atoms with Gasteiger partial charge in [0.1, 0.15) is 11.1 Å². The average molecular weight is 351 g/mol. The summed E-state index contributed by atoms with van der Waals surface area (Å²) in [4.78, 5) is 25.4. The highest BCUT2D eigenvalue weighted by atomic mass is 35.5. The van der Waals surface area contributed by atoms with E-state index >= 15 is 0 Å². The Morgan fingerprint density at radius 2 is 1.96 bits per heavy atom. The Kier molecular flexibility index (Phi) is 4.15.